The van der Waals surface area contributed by atoms with E-state index in [2.05, 4.69) is 26.0 Å². The molecule has 4 aliphatic rings. The molecule has 0 aliphatic heterocycles. The van der Waals surface area contributed by atoms with E-state index in [1.54, 1.807) is 0 Å². The fourth-order valence-corrected chi connectivity index (χ4v) is 7.01. The molecule has 0 bridgehead atoms. The van der Waals surface area contributed by atoms with Crippen molar-refractivity contribution >= 4 is 5.78 Å². The molecule has 0 aromatic heterocycles. The number of aliphatic hydroxyl groups excluding tert-OH is 1. The molecule has 2 saturated carbocycles. The first-order valence-electron chi connectivity index (χ1n) is 9.69. The molecule has 0 aromatic carbocycles. The van der Waals surface area contributed by atoms with Crippen LogP contribution in [0, 0.1) is 34.5 Å². The van der Waals surface area contributed by atoms with Crippen LogP contribution in [0.5, 0.6) is 0 Å². The summed E-state index contributed by atoms with van der Waals surface area (Å²) in [5.41, 5.74) is 8.11. The van der Waals surface area contributed by atoms with Gasteiger partial charge < -0.3 is 10.8 Å². The number of hydrogen-bond acceptors (Lipinski definition) is 3. The zero-order chi connectivity index (χ0) is 17.3. The van der Waals surface area contributed by atoms with Crippen molar-refractivity contribution in [2.75, 3.05) is 0 Å². The van der Waals surface area contributed by atoms with Crippen LogP contribution in [-0.2, 0) is 4.79 Å². The second-order valence-electron chi connectivity index (χ2n) is 9.29. The third-order valence-corrected chi connectivity index (χ3v) is 8.37. The molecule has 3 nitrogen and oxygen atoms in total. The van der Waals surface area contributed by atoms with Crippen molar-refractivity contribution in [3.05, 3.63) is 23.4 Å². The number of hydrogen-bond donors (Lipinski definition) is 2. The van der Waals surface area contributed by atoms with E-state index < -0.39 is 0 Å². The van der Waals surface area contributed by atoms with Crippen LogP contribution in [-0.4, -0.2) is 17.0 Å². The van der Waals surface area contributed by atoms with Gasteiger partial charge in [0.1, 0.15) is 0 Å². The summed E-state index contributed by atoms with van der Waals surface area (Å²) in [6.07, 6.45) is 10.6. The summed E-state index contributed by atoms with van der Waals surface area (Å²) in [5, 5.41) is 10.3. The van der Waals surface area contributed by atoms with Crippen LogP contribution in [0.25, 0.3) is 0 Å². The normalized spacial score (nSPS) is 48.8. The average molecular weight is 329 g/mol. The molecule has 24 heavy (non-hydrogen) atoms. The fourth-order valence-electron chi connectivity index (χ4n) is 7.01. The molecule has 4 aliphatic carbocycles. The van der Waals surface area contributed by atoms with Crippen LogP contribution in [0.3, 0.4) is 0 Å². The number of carbonyl (C=O) groups excluding carboxylic acids is 1. The molecule has 2 fully saturated rings. The zero-order valence-corrected chi connectivity index (χ0v) is 15.2. The highest BCUT2D eigenvalue weighted by Crippen LogP contribution is 2.65. The van der Waals surface area contributed by atoms with Crippen molar-refractivity contribution in [1.29, 1.82) is 0 Å². The molecule has 0 spiro atoms. The van der Waals surface area contributed by atoms with Gasteiger partial charge in [0.05, 0.1) is 11.8 Å². The lowest BCUT2D eigenvalue weighted by molar-refractivity contribution is -0.118. The van der Waals surface area contributed by atoms with Crippen LogP contribution < -0.4 is 5.73 Å². The summed E-state index contributed by atoms with van der Waals surface area (Å²) in [6, 6.07) is 0. The quantitative estimate of drug-likeness (QED) is 0.773. The average Bonchev–Trinajstić information content (AvgIpc) is 2.89. The van der Waals surface area contributed by atoms with E-state index in [4.69, 9.17) is 5.73 Å². The highest BCUT2D eigenvalue weighted by atomic mass is 16.3. The van der Waals surface area contributed by atoms with Crippen molar-refractivity contribution in [2.24, 2.45) is 40.2 Å². The van der Waals surface area contributed by atoms with E-state index in [0.717, 1.165) is 18.4 Å². The van der Waals surface area contributed by atoms with Crippen LogP contribution >= 0.6 is 0 Å². The number of Topliss-reactive ketones (excluding diaryl/α,β-unsaturated/α-hetero) is 1. The number of carbonyl (C=O) groups is 1. The fraction of sp³-hybridized carbons (Fsp3) is 0.762. The van der Waals surface area contributed by atoms with Crippen LogP contribution in [0.1, 0.15) is 59.3 Å². The summed E-state index contributed by atoms with van der Waals surface area (Å²) in [4.78, 5) is 12.1. The van der Waals surface area contributed by atoms with Gasteiger partial charge in [-0.3, -0.25) is 4.79 Å². The summed E-state index contributed by atoms with van der Waals surface area (Å²) in [5.74, 6) is 2.38. The molecule has 3 heteroatoms. The SMILES string of the molecule is C[C@@H](O)[C@H]1CC[C@H]2[C@@H]3C=CC4=C(N)C(=O)CC[C@]4(C)[C@H]3CC[C@]12C. The van der Waals surface area contributed by atoms with E-state index >= 15 is 0 Å². The van der Waals surface area contributed by atoms with Gasteiger partial charge in [-0.05, 0) is 79.1 Å². The zero-order valence-electron chi connectivity index (χ0n) is 15.2. The van der Waals surface area contributed by atoms with Gasteiger partial charge in [-0.2, -0.15) is 0 Å². The highest BCUT2D eigenvalue weighted by molar-refractivity contribution is 5.97. The molecule has 7 atom stereocenters. The van der Waals surface area contributed by atoms with Gasteiger partial charge in [-0.15, -0.1) is 0 Å². The maximum atomic E-state index is 12.1. The lowest BCUT2D eigenvalue weighted by Crippen LogP contribution is -2.50. The van der Waals surface area contributed by atoms with E-state index in [-0.39, 0.29) is 22.7 Å². The van der Waals surface area contributed by atoms with Gasteiger partial charge in [0.25, 0.3) is 0 Å². The topological polar surface area (TPSA) is 63.3 Å². The van der Waals surface area contributed by atoms with E-state index in [9.17, 15) is 9.90 Å². The molecular formula is C21H31NO2. The highest BCUT2D eigenvalue weighted by Gasteiger charge is 2.58. The van der Waals surface area contributed by atoms with Gasteiger partial charge in [0, 0.05) is 6.42 Å². The summed E-state index contributed by atoms with van der Waals surface area (Å²) in [7, 11) is 0. The summed E-state index contributed by atoms with van der Waals surface area (Å²) in [6.45, 7) is 6.72. The number of nitrogens with two attached hydrogens (primary N) is 1. The molecule has 0 amide bonds. The van der Waals surface area contributed by atoms with Gasteiger partial charge in [-0.1, -0.05) is 26.0 Å². The molecule has 4 rings (SSSR count). The van der Waals surface area contributed by atoms with Crippen molar-refractivity contribution in [3.63, 3.8) is 0 Å². The van der Waals surface area contributed by atoms with Gasteiger partial charge in [0.2, 0.25) is 0 Å². The number of aliphatic hydroxyl groups is 1. The number of ketones is 1. The first-order valence-corrected chi connectivity index (χ1v) is 9.69. The number of rotatable bonds is 1. The molecule has 0 heterocycles. The third kappa shape index (κ3) is 1.97. The standard InChI is InChI=1S/C21H31NO2/c1-12(23)14-6-7-15-13-4-5-17-19(22)18(24)9-11-21(17,3)16(13)8-10-20(14,15)2/h4-5,12-16,23H,6-11,22H2,1-3H3/t12-,13+,14-,15+,16+,20-,21-/m1/s1. The summed E-state index contributed by atoms with van der Waals surface area (Å²) >= 11 is 0. The second-order valence-corrected chi connectivity index (χ2v) is 9.29. The minimum atomic E-state index is -0.210. The minimum Gasteiger partial charge on any atom is -0.396 e. The van der Waals surface area contributed by atoms with Gasteiger partial charge in [0.15, 0.2) is 5.78 Å². The molecule has 0 unspecified atom stereocenters. The Labute approximate surface area is 145 Å². The Kier molecular flexibility index (Phi) is 3.55. The van der Waals surface area contributed by atoms with Crippen LogP contribution in [0.2, 0.25) is 0 Å². The van der Waals surface area contributed by atoms with E-state index in [1.807, 2.05) is 6.92 Å². The minimum absolute atomic E-state index is 0.0572. The van der Waals surface area contributed by atoms with Crippen molar-refractivity contribution in [1.82, 2.24) is 0 Å². The Bertz CT molecular complexity index is 634. The Morgan fingerprint density at radius 2 is 1.96 bits per heavy atom. The smallest absolute Gasteiger partial charge is 0.178 e. The van der Waals surface area contributed by atoms with E-state index in [1.165, 1.54) is 19.3 Å². The predicted octanol–water partition coefficient (Wildman–Crippen LogP) is 3.58. The Morgan fingerprint density at radius 3 is 2.67 bits per heavy atom. The first-order chi connectivity index (χ1) is 11.3. The maximum Gasteiger partial charge on any atom is 0.178 e. The van der Waals surface area contributed by atoms with Crippen LogP contribution in [0.4, 0.5) is 0 Å². The van der Waals surface area contributed by atoms with E-state index in [0.29, 0.717) is 35.8 Å². The molecular weight excluding hydrogens is 298 g/mol. The Balaban J connectivity index is 1.74. The second kappa shape index (κ2) is 5.20. The third-order valence-electron chi connectivity index (χ3n) is 8.37. The molecule has 3 N–H and O–H groups in total. The van der Waals surface area contributed by atoms with Crippen molar-refractivity contribution in [2.45, 2.75) is 65.4 Å². The monoisotopic (exact) mass is 329 g/mol. The van der Waals surface area contributed by atoms with Crippen molar-refractivity contribution in [3.8, 4) is 0 Å². The first kappa shape index (κ1) is 16.4. The molecule has 0 aromatic rings. The van der Waals surface area contributed by atoms with Gasteiger partial charge >= 0.3 is 0 Å². The Hall–Kier alpha value is -1.09. The van der Waals surface area contributed by atoms with Gasteiger partial charge in [-0.25, -0.2) is 0 Å². The summed E-state index contributed by atoms with van der Waals surface area (Å²) < 4.78 is 0. The molecule has 132 valence electrons. The lowest BCUT2D eigenvalue weighted by atomic mass is 9.48. The largest absolute Gasteiger partial charge is 0.396 e. The molecule has 0 saturated heterocycles. The van der Waals surface area contributed by atoms with Crippen molar-refractivity contribution < 1.29 is 9.90 Å². The predicted molar refractivity (Wildman–Crippen MR) is 94.9 cm³/mol. The molecule has 0 radical (unpaired) electrons. The maximum absolute atomic E-state index is 12.1. The van der Waals surface area contributed by atoms with Crippen LogP contribution in [0.15, 0.2) is 23.4 Å². The Morgan fingerprint density at radius 1 is 1.21 bits per heavy atom. The number of fused-ring (bicyclic) bond motifs is 5. The number of allylic oxidation sites excluding steroid dienone is 4. The lowest BCUT2D eigenvalue weighted by Gasteiger charge is -2.56.